The quantitative estimate of drug-likeness (QED) is 0.247. The van der Waals surface area contributed by atoms with E-state index in [1.165, 1.54) is 28.9 Å². The zero-order valence-corrected chi connectivity index (χ0v) is 19.3. The van der Waals surface area contributed by atoms with E-state index in [9.17, 15) is 24.2 Å². The van der Waals surface area contributed by atoms with Gasteiger partial charge in [0.15, 0.2) is 23.8 Å². The molecule has 1 aliphatic heterocycles. The molecular formula is C22H23FN8O5. The van der Waals surface area contributed by atoms with Gasteiger partial charge in [0.1, 0.15) is 17.7 Å². The molecular weight excluding hydrogens is 475 g/mol. The molecule has 2 amide bonds. The van der Waals surface area contributed by atoms with Crippen LogP contribution in [0, 0.1) is 17.8 Å². The Balaban J connectivity index is 1.55. The minimum atomic E-state index is -1.47. The van der Waals surface area contributed by atoms with E-state index in [1.54, 1.807) is 6.92 Å². The molecule has 1 aliphatic rings. The van der Waals surface area contributed by atoms with E-state index in [0.29, 0.717) is 6.54 Å². The smallest absolute Gasteiger partial charge is 0.255 e. The number of pyridine rings is 1. The fourth-order valence-corrected chi connectivity index (χ4v) is 3.59. The Kier molecular flexibility index (Phi) is 7.06. The van der Waals surface area contributed by atoms with Gasteiger partial charge in [0, 0.05) is 19.8 Å². The molecule has 4 heterocycles. The van der Waals surface area contributed by atoms with Crippen LogP contribution >= 0.6 is 0 Å². The Bertz CT molecular complexity index is 1350. The number of aliphatic hydroxyl groups is 2. The molecule has 36 heavy (non-hydrogen) atoms. The number of carbonyl (C=O) groups excluding carboxylic acids is 2. The van der Waals surface area contributed by atoms with Crippen molar-refractivity contribution in [1.82, 2.24) is 34.7 Å². The van der Waals surface area contributed by atoms with Crippen LogP contribution in [0.1, 0.15) is 29.3 Å². The van der Waals surface area contributed by atoms with Gasteiger partial charge in [-0.25, -0.2) is 19.9 Å². The van der Waals surface area contributed by atoms with Gasteiger partial charge in [0.25, 0.3) is 11.8 Å². The summed E-state index contributed by atoms with van der Waals surface area (Å²) in [5.74, 6) is 3.85. The largest absolute Gasteiger partial charge is 0.387 e. The lowest BCUT2D eigenvalue weighted by atomic mass is 10.1. The third kappa shape index (κ3) is 4.80. The molecule has 188 valence electrons. The van der Waals surface area contributed by atoms with Gasteiger partial charge in [-0.2, -0.15) is 4.39 Å². The number of fused-ring (bicyclic) bond motifs is 1. The molecule has 0 bridgehead atoms. The first-order valence-electron chi connectivity index (χ1n) is 10.9. The van der Waals surface area contributed by atoms with Crippen LogP contribution in [0.5, 0.6) is 0 Å². The highest BCUT2D eigenvalue weighted by Crippen LogP contribution is 2.32. The van der Waals surface area contributed by atoms with Crippen molar-refractivity contribution in [2.24, 2.45) is 0 Å². The molecule has 0 saturated carbocycles. The number of nitrogens with two attached hydrogens (primary N) is 1. The molecule has 4 atom stereocenters. The molecule has 4 rings (SSSR count). The lowest BCUT2D eigenvalue weighted by molar-refractivity contribution is -0.137. The van der Waals surface area contributed by atoms with E-state index in [1.807, 2.05) is 0 Å². The molecule has 5 N–H and O–H groups in total. The third-order valence-corrected chi connectivity index (χ3v) is 5.41. The lowest BCUT2D eigenvalue weighted by Gasteiger charge is -2.16. The summed E-state index contributed by atoms with van der Waals surface area (Å²) in [5, 5.41) is 23.4. The molecule has 0 spiro atoms. The second-order valence-electron chi connectivity index (χ2n) is 7.91. The van der Waals surface area contributed by atoms with E-state index < -0.39 is 42.3 Å². The van der Waals surface area contributed by atoms with Crippen molar-refractivity contribution in [3.05, 3.63) is 42.0 Å². The van der Waals surface area contributed by atoms with E-state index in [-0.39, 0.29) is 34.9 Å². The first-order chi connectivity index (χ1) is 17.2. The van der Waals surface area contributed by atoms with Crippen molar-refractivity contribution in [3.8, 4) is 11.8 Å². The van der Waals surface area contributed by atoms with Gasteiger partial charge in [-0.05, 0) is 25.0 Å². The van der Waals surface area contributed by atoms with Gasteiger partial charge in [-0.3, -0.25) is 14.2 Å². The van der Waals surface area contributed by atoms with Crippen LogP contribution in [0.4, 0.5) is 10.2 Å². The number of imidazole rings is 1. The molecule has 1 saturated heterocycles. The fraction of sp³-hybridized carbons (Fsp3) is 0.364. The van der Waals surface area contributed by atoms with Crippen molar-refractivity contribution in [2.75, 3.05) is 25.9 Å². The number of amides is 2. The van der Waals surface area contributed by atoms with E-state index in [2.05, 4.69) is 37.1 Å². The summed E-state index contributed by atoms with van der Waals surface area (Å²) in [6.07, 6.45) is -2.93. The highest BCUT2D eigenvalue weighted by atomic mass is 19.1. The van der Waals surface area contributed by atoms with Gasteiger partial charge in [0.2, 0.25) is 11.8 Å². The SMILES string of the molecule is CCNC(=O)C1OC(n2cnc3c(N)nc(C#CCN(C)C(=O)c4ccc(F)nc4)nc32)[C@H](O)[C@@H]1O. The minimum Gasteiger partial charge on any atom is -0.387 e. The molecule has 13 nitrogen and oxygen atoms in total. The summed E-state index contributed by atoms with van der Waals surface area (Å²) >= 11 is 0. The maximum absolute atomic E-state index is 13.0. The Labute approximate surface area is 204 Å². The second-order valence-corrected chi connectivity index (χ2v) is 7.91. The van der Waals surface area contributed by atoms with Crippen molar-refractivity contribution < 1.29 is 28.9 Å². The number of hydrogen-bond donors (Lipinski definition) is 4. The summed E-state index contributed by atoms with van der Waals surface area (Å²) < 4.78 is 19.9. The minimum absolute atomic E-state index is 0.00162. The topological polar surface area (TPSA) is 182 Å². The highest BCUT2D eigenvalue weighted by Gasteiger charge is 2.47. The Morgan fingerprint density at radius 3 is 2.75 bits per heavy atom. The zero-order valence-electron chi connectivity index (χ0n) is 19.3. The number of likely N-dealkylation sites (N-methyl/N-ethyl adjacent to an activating group) is 1. The first kappa shape index (κ1) is 24.9. The van der Waals surface area contributed by atoms with Crippen molar-refractivity contribution >= 4 is 28.8 Å². The Morgan fingerprint density at radius 2 is 2.06 bits per heavy atom. The average Bonchev–Trinajstić information content (AvgIpc) is 3.40. The fourth-order valence-electron chi connectivity index (χ4n) is 3.59. The van der Waals surface area contributed by atoms with E-state index in [4.69, 9.17) is 10.5 Å². The number of nitrogens with one attached hydrogen (secondary N) is 1. The van der Waals surface area contributed by atoms with Gasteiger partial charge in [0.05, 0.1) is 18.4 Å². The molecule has 14 heteroatoms. The highest BCUT2D eigenvalue weighted by molar-refractivity contribution is 5.93. The van der Waals surface area contributed by atoms with Crippen LogP contribution in [-0.4, -0.2) is 89.9 Å². The summed E-state index contributed by atoms with van der Waals surface area (Å²) in [6, 6.07) is 2.41. The lowest BCUT2D eigenvalue weighted by Crippen LogP contribution is -2.42. The van der Waals surface area contributed by atoms with Crippen molar-refractivity contribution in [3.63, 3.8) is 0 Å². The Morgan fingerprint density at radius 1 is 1.28 bits per heavy atom. The number of anilines is 1. The second kappa shape index (κ2) is 10.2. The van der Waals surface area contributed by atoms with Gasteiger partial charge in [-0.15, -0.1) is 0 Å². The number of nitrogen functional groups attached to an aromatic ring is 1. The monoisotopic (exact) mass is 498 g/mol. The predicted octanol–water partition coefficient (Wildman–Crippen LogP) is -1.18. The maximum Gasteiger partial charge on any atom is 0.255 e. The number of nitrogens with zero attached hydrogens (tertiary/aromatic N) is 6. The van der Waals surface area contributed by atoms with E-state index in [0.717, 1.165) is 12.3 Å². The Hall–Kier alpha value is -4.19. The molecule has 0 aromatic carbocycles. The van der Waals surface area contributed by atoms with Crippen molar-refractivity contribution in [2.45, 2.75) is 31.5 Å². The summed E-state index contributed by atoms with van der Waals surface area (Å²) in [4.78, 5) is 41.9. The average molecular weight is 498 g/mol. The predicted molar refractivity (Wildman–Crippen MR) is 122 cm³/mol. The van der Waals surface area contributed by atoms with Gasteiger partial charge < -0.3 is 30.9 Å². The molecule has 0 radical (unpaired) electrons. The molecule has 2 unspecified atom stereocenters. The van der Waals surface area contributed by atoms with Crippen LogP contribution in [-0.2, 0) is 9.53 Å². The molecule has 3 aromatic heterocycles. The number of halogens is 1. The zero-order chi connectivity index (χ0) is 26.0. The molecule has 0 aliphatic carbocycles. The van der Waals surface area contributed by atoms with Crippen LogP contribution in [0.3, 0.4) is 0 Å². The van der Waals surface area contributed by atoms with E-state index >= 15 is 0 Å². The van der Waals surface area contributed by atoms with Crippen molar-refractivity contribution in [1.29, 1.82) is 0 Å². The van der Waals surface area contributed by atoms with Crippen LogP contribution in [0.15, 0.2) is 24.7 Å². The number of ether oxygens (including phenoxy) is 1. The standard InChI is InChI=1S/C22H23FN8O5/c1-3-25-20(34)17-15(32)16(33)22(36-17)31-10-27-14-18(24)28-13(29-19(14)31)5-4-8-30(2)21(35)11-6-7-12(23)26-9-11/h6-7,9-10,15-17,22,32-33H,3,8H2,1-2H3,(H,25,34)(H2,24,28,29)/t15-,16+,17?,22?/m0/s1. The summed E-state index contributed by atoms with van der Waals surface area (Å²) in [5.41, 5.74) is 6.58. The molecule has 1 fully saturated rings. The van der Waals surface area contributed by atoms with Gasteiger partial charge in [-0.1, -0.05) is 5.92 Å². The summed E-state index contributed by atoms with van der Waals surface area (Å²) in [7, 11) is 1.52. The van der Waals surface area contributed by atoms with Gasteiger partial charge >= 0.3 is 0 Å². The molecule has 3 aromatic rings. The number of hydrogen-bond acceptors (Lipinski definition) is 10. The number of aromatic nitrogens is 5. The number of rotatable bonds is 5. The maximum atomic E-state index is 13.0. The summed E-state index contributed by atoms with van der Waals surface area (Å²) in [6.45, 7) is 2.04. The normalized spacial score (nSPS) is 21.1. The van der Waals surface area contributed by atoms with Crippen LogP contribution < -0.4 is 11.1 Å². The number of aliphatic hydroxyl groups excluding tert-OH is 2. The van der Waals surface area contributed by atoms with Crippen LogP contribution in [0.25, 0.3) is 11.2 Å². The van der Waals surface area contributed by atoms with Crippen LogP contribution in [0.2, 0.25) is 0 Å². The number of carbonyl (C=O) groups is 2. The first-order valence-corrected chi connectivity index (χ1v) is 10.9. The third-order valence-electron chi connectivity index (χ3n) is 5.41.